The summed E-state index contributed by atoms with van der Waals surface area (Å²) in [7, 11) is 0.111. The van der Waals surface area contributed by atoms with Crippen LogP contribution in [0.4, 0.5) is 0 Å². The van der Waals surface area contributed by atoms with Crippen LogP contribution in [0.3, 0.4) is 0 Å². The second kappa shape index (κ2) is 7.84. The highest BCUT2D eigenvalue weighted by Crippen LogP contribution is 2.37. The fraction of sp³-hybridized carbons (Fsp3) is 0.500. The summed E-state index contributed by atoms with van der Waals surface area (Å²) < 4.78 is 8.29. The third kappa shape index (κ3) is 4.89. The van der Waals surface area contributed by atoms with Crippen LogP contribution in [0.25, 0.3) is 0 Å². The Morgan fingerprint density at radius 3 is 2.56 bits per heavy atom. The summed E-state index contributed by atoms with van der Waals surface area (Å²) in [5, 5.41) is 11.5. The summed E-state index contributed by atoms with van der Waals surface area (Å²) in [6, 6.07) is 7.67. The summed E-state index contributed by atoms with van der Waals surface area (Å²) >= 11 is 7.62. The zero-order valence-electron chi connectivity index (χ0n) is 15.8. The lowest BCUT2D eigenvalue weighted by Crippen LogP contribution is -2.40. The fourth-order valence-electron chi connectivity index (χ4n) is 2.05. The minimum Gasteiger partial charge on any atom is -0.409 e. The lowest BCUT2D eigenvalue weighted by atomic mass is 10.2. The third-order valence-electron chi connectivity index (χ3n) is 4.73. The molecule has 0 bridgehead atoms. The quantitative estimate of drug-likeness (QED) is 0.676. The maximum Gasteiger partial charge on any atom is 0.192 e. The molecule has 4 nitrogen and oxygen atoms in total. The second-order valence-electron chi connectivity index (χ2n) is 7.61. The monoisotopic (exact) mass is 398 g/mol. The molecule has 0 atom stereocenters. The van der Waals surface area contributed by atoms with E-state index in [9.17, 15) is 5.11 Å². The maximum atomic E-state index is 9.70. The van der Waals surface area contributed by atoms with Crippen LogP contribution >= 0.6 is 23.4 Å². The molecule has 1 aromatic heterocycles. The summed E-state index contributed by atoms with van der Waals surface area (Å²) in [4.78, 5) is 5.60. The van der Waals surface area contributed by atoms with E-state index in [2.05, 4.69) is 38.8 Å². The standard InChI is InChI=1S/C18H27ClN2O2SSi/c1-18(2,3)25(5,6)23-12-16-20-15(11-22)17(21(16)4)24-14-9-7-8-13(19)10-14/h7-10,22H,11-12H2,1-6H3. The molecule has 2 aromatic rings. The Morgan fingerprint density at radius 1 is 1.32 bits per heavy atom. The molecule has 2 rings (SSSR count). The van der Waals surface area contributed by atoms with Gasteiger partial charge in [0.05, 0.1) is 18.9 Å². The molecule has 0 saturated carbocycles. The lowest BCUT2D eigenvalue weighted by molar-refractivity contribution is 0.261. The molecule has 0 unspecified atom stereocenters. The van der Waals surface area contributed by atoms with Crippen LogP contribution in [0.1, 0.15) is 32.3 Å². The number of rotatable bonds is 6. The molecule has 25 heavy (non-hydrogen) atoms. The Bertz CT molecular complexity index is 741. The largest absolute Gasteiger partial charge is 0.409 e. The van der Waals surface area contributed by atoms with Gasteiger partial charge in [0.15, 0.2) is 8.32 Å². The fourth-order valence-corrected chi connectivity index (χ4v) is 4.26. The smallest absolute Gasteiger partial charge is 0.192 e. The minimum atomic E-state index is -1.85. The molecule has 0 radical (unpaired) electrons. The number of nitrogens with zero attached hydrogens (tertiary/aromatic N) is 2. The van der Waals surface area contributed by atoms with Crippen LogP contribution in [0.5, 0.6) is 0 Å². The molecule has 1 N–H and O–H groups in total. The number of hydrogen-bond donors (Lipinski definition) is 1. The molecular weight excluding hydrogens is 372 g/mol. The Balaban J connectivity index is 2.23. The van der Waals surface area contributed by atoms with Gasteiger partial charge in [0.2, 0.25) is 0 Å². The topological polar surface area (TPSA) is 47.3 Å². The van der Waals surface area contributed by atoms with E-state index in [1.807, 2.05) is 35.9 Å². The molecule has 0 aliphatic rings. The van der Waals surface area contributed by atoms with Crippen molar-refractivity contribution in [2.24, 2.45) is 7.05 Å². The van der Waals surface area contributed by atoms with Crippen molar-refractivity contribution >= 4 is 31.7 Å². The number of imidazole rings is 1. The first kappa shape index (κ1) is 20.5. The van der Waals surface area contributed by atoms with Gasteiger partial charge in [0.25, 0.3) is 0 Å². The van der Waals surface area contributed by atoms with Gasteiger partial charge in [-0.1, -0.05) is 50.2 Å². The van der Waals surface area contributed by atoms with E-state index in [4.69, 9.17) is 16.0 Å². The molecule has 0 saturated heterocycles. The molecule has 0 amide bonds. The van der Waals surface area contributed by atoms with Gasteiger partial charge in [-0.25, -0.2) is 4.98 Å². The van der Waals surface area contributed by atoms with E-state index < -0.39 is 8.32 Å². The predicted molar refractivity (Wildman–Crippen MR) is 107 cm³/mol. The van der Waals surface area contributed by atoms with E-state index in [0.717, 1.165) is 15.7 Å². The van der Waals surface area contributed by atoms with Gasteiger partial charge in [0.1, 0.15) is 10.9 Å². The van der Waals surface area contributed by atoms with Crippen molar-refractivity contribution < 1.29 is 9.53 Å². The van der Waals surface area contributed by atoms with Crippen molar-refractivity contribution in [3.05, 3.63) is 40.8 Å². The van der Waals surface area contributed by atoms with Crippen molar-refractivity contribution in [3.8, 4) is 0 Å². The van der Waals surface area contributed by atoms with Crippen LogP contribution in [0, 0.1) is 0 Å². The van der Waals surface area contributed by atoms with Crippen LogP contribution < -0.4 is 0 Å². The van der Waals surface area contributed by atoms with Gasteiger partial charge < -0.3 is 14.1 Å². The first-order valence-corrected chi connectivity index (χ1v) is 12.4. The molecule has 0 spiro atoms. The second-order valence-corrected chi connectivity index (χ2v) is 13.9. The number of halogens is 1. The summed E-state index contributed by atoms with van der Waals surface area (Å²) in [5.41, 5.74) is 0.668. The van der Waals surface area contributed by atoms with Gasteiger partial charge in [0, 0.05) is 17.0 Å². The predicted octanol–water partition coefficient (Wildman–Crippen LogP) is 5.24. The SMILES string of the molecule is Cn1c(CO[Si](C)(C)C(C)(C)C)nc(CO)c1Sc1cccc(Cl)c1. The van der Waals surface area contributed by atoms with Gasteiger partial charge in [-0.05, 0) is 36.3 Å². The first-order chi connectivity index (χ1) is 11.5. The van der Waals surface area contributed by atoms with Crippen molar-refractivity contribution in [2.45, 2.75) is 62.0 Å². The molecular formula is C18H27ClN2O2SSi. The van der Waals surface area contributed by atoms with Crippen molar-refractivity contribution in [2.75, 3.05) is 0 Å². The average Bonchev–Trinajstić information content (AvgIpc) is 2.80. The van der Waals surface area contributed by atoms with Crippen LogP contribution in [0.2, 0.25) is 23.2 Å². The highest BCUT2D eigenvalue weighted by Gasteiger charge is 2.37. The highest BCUT2D eigenvalue weighted by atomic mass is 35.5. The Kier molecular flexibility index (Phi) is 6.43. The van der Waals surface area contributed by atoms with Crippen molar-refractivity contribution in [1.82, 2.24) is 9.55 Å². The van der Waals surface area contributed by atoms with E-state index in [-0.39, 0.29) is 11.6 Å². The van der Waals surface area contributed by atoms with E-state index in [1.54, 1.807) is 11.8 Å². The number of aliphatic hydroxyl groups excluding tert-OH is 1. The van der Waals surface area contributed by atoms with Gasteiger partial charge in [-0.2, -0.15) is 0 Å². The summed E-state index contributed by atoms with van der Waals surface area (Å²) in [5.74, 6) is 0.832. The normalized spacial score (nSPS) is 12.6. The molecule has 0 fully saturated rings. The zero-order valence-corrected chi connectivity index (χ0v) is 18.3. The van der Waals surface area contributed by atoms with Crippen LogP contribution in [-0.4, -0.2) is 23.0 Å². The summed E-state index contributed by atoms with van der Waals surface area (Å²) in [6.07, 6.45) is 0. The Morgan fingerprint density at radius 2 is 2.00 bits per heavy atom. The molecule has 138 valence electrons. The average molecular weight is 399 g/mol. The zero-order chi connectivity index (χ0) is 18.8. The van der Waals surface area contributed by atoms with Gasteiger partial charge in [-0.3, -0.25) is 0 Å². The number of aromatic nitrogens is 2. The Hall–Kier alpha value is -0.793. The van der Waals surface area contributed by atoms with E-state index in [1.165, 1.54) is 0 Å². The van der Waals surface area contributed by atoms with Gasteiger partial charge in [-0.15, -0.1) is 0 Å². The minimum absolute atomic E-state index is 0.100. The molecule has 0 aliphatic carbocycles. The molecule has 1 aromatic carbocycles. The van der Waals surface area contributed by atoms with E-state index in [0.29, 0.717) is 17.3 Å². The van der Waals surface area contributed by atoms with Crippen molar-refractivity contribution in [3.63, 3.8) is 0 Å². The number of benzene rings is 1. The highest BCUT2D eigenvalue weighted by molar-refractivity contribution is 7.99. The van der Waals surface area contributed by atoms with Crippen LogP contribution in [0.15, 0.2) is 34.2 Å². The molecule has 1 heterocycles. The summed E-state index contributed by atoms with van der Waals surface area (Å²) in [6.45, 7) is 11.5. The maximum absolute atomic E-state index is 9.70. The third-order valence-corrected chi connectivity index (χ3v) is 10.6. The van der Waals surface area contributed by atoms with Crippen LogP contribution in [-0.2, 0) is 24.7 Å². The molecule has 7 heteroatoms. The van der Waals surface area contributed by atoms with Gasteiger partial charge >= 0.3 is 0 Å². The molecule has 0 aliphatic heterocycles. The number of hydrogen-bond acceptors (Lipinski definition) is 4. The van der Waals surface area contributed by atoms with E-state index >= 15 is 0 Å². The Labute approximate surface area is 160 Å². The first-order valence-electron chi connectivity index (χ1n) is 8.28. The van der Waals surface area contributed by atoms with Crippen molar-refractivity contribution in [1.29, 1.82) is 0 Å². The number of aliphatic hydroxyl groups is 1. The lowest BCUT2D eigenvalue weighted by Gasteiger charge is -2.36.